The van der Waals surface area contributed by atoms with Gasteiger partial charge in [-0.25, -0.2) is 14.4 Å². The van der Waals surface area contributed by atoms with Gasteiger partial charge < -0.3 is 24.6 Å². The molecular weight excluding hydrogens is 513 g/mol. The number of aliphatic carboxylic acids is 1. The van der Waals surface area contributed by atoms with E-state index in [2.05, 4.69) is 5.32 Å². The van der Waals surface area contributed by atoms with Crippen LogP contribution >= 0.6 is 23.2 Å². The normalized spacial score (nSPS) is 12.1. The molecule has 3 rings (SSSR count). The van der Waals surface area contributed by atoms with E-state index in [1.54, 1.807) is 24.3 Å². The van der Waals surface area contributed by atoms with Gasteiger partial charge in [0.15, 0.2) is 0 Å². The molecule has 0 aliphatic heterocycles. The molecule has 36 heavy (non-hydrogen) atoms. The Morgan fingerprint density at radius 2 is 1.31 bits per heavy atom. The Morgan fingerprint density at radius 1 is 0.778 bits per heavy atom. The first kappa shape index (κ1) is 26.5. The number of hydrogen-bond acceptors (Lipinski definition) is 7. The van der Waals surface area contributed by atoms with E-state index >= 15 is 0 Å². The first-order valence-electron chi connectivity index (χ1n) is 10.3. The maximum absolute atomic E-state index is 13.2. The summed E-state index contributed by atoms with van der Waals surface area (Å²) >= 11 is 12.0. The van der Waals surface area contributed by atoms with Crippen LogP contribution in [0.2, 0.25) is 10.0 Å². The summed E-state index contributed by atoms with van der Waals surface area (Å²) in [6.07, 6.45) is -4.34. The predicted molar refractivity (Wildman–Crippen MR) is 131 cm³/mol. The average molecular weight is 532 g/mol. The molecule has 2 N–H and O–H groups in total. The molecular formula is C25H19Cl2NO8. The summed E-state index contributed by atoms with van der Waals surface area (Å²) < 4.78 is 15.4. The van der Waals surface area contributed by atoms with Crippen molar-refractivity contribution >= 4 is 52.7 Å². The first-order valence-corrected chi connectivity index (χ1v) is 11.1. The number of hydrogen-bond donors (Lipinski definition) is 2. The fraction of sp³-hybridized carbons (Fsp3) is 0.120. The molecule has 186 valence electrons. The van der Waals surface area contributed by atoms with E-state index in [1.165, 1.54) is 55.6 Å². The number of carbonyl (C=O) groups excluding carboxylic acids is 3. The molecule has 0 aliphatic rings. The number of esters is 2. The summed E-state index contributed by atoms with van der Waals surface area (Å²) in [6, 6.07) is 17.7. The van der Waals surface area contributed by atoms with E-state index in [4.69, 9.17) is 37.4 Å². The standard InChI is InChI=1S/C25H19Cl2NO8/c1-34-15-8-6-7-14(13-15)28-22(29)20(35-24(32)16-9-2-4-11-18(16)26)21(23(30)31)36-25(33)17-10-3-5-12-19(17)27/h2-13,20-21H,1H3,(H,28,29)(H,30,31)/t20-,21-/m1/s1. The van der Waals surface area contributed by atoms with E-state index in [1.807, 2.05) is 0 Å². The van der Waals surface area contributed by atoms with Crippen LogP contribution in [0.15, 0.2) is 72.8 Å². The Kier molecular flexibility index (Phi) is 8.88. The molecule has 3 aromatic carbocycles. The van der Waals surface area contributed by atoms with Gasteiger partial charge in [-0.15, -0.1) is 0 Å². The van der Waals surface area contributed by atoms with Crippen LogP contribution in [-0.2, 0) is 19.1 Å². The number of amides is 1. The van der Waals surface area contributed by atoms with Crippen LogP contribution in [0.3, 0.4) is 0 Å². The van der Waals surface area contributed by atoms with Gasteiger partial charge in [0.25, 0.3) is 5.91 Å². The highest BCUT2D eigenvalue weighted by Crippen LogP contribution is 2.22. The molecule has 0 radical (unpaired) electrons. The van der Waals surface area contributed by atoms with Crippen LogP contribution in [0, 0.1) is 0 Å². The molecule has 2 atom stereocenters. The van der Waals surface area contributed by atoms with E-state index in [-0.39, 0.29) is 26.9 Å². The second kappa shape index (κ2) is 12.1. The second-order valence-electron chi connectivity index (χ2n) is 7.17. The van der Waals surface area contributed by atoms with Crippen molar-refractivity contribution in [1.29, 1.82) is 0 Å². The Labute approximate surface area is 215 Å². The number of carbonyl (C=O) groups is 4. The Balaban J connectivity index is 1.95. The lowest BCUT2D eigenvalue weighted by atomic mass is 10.1. The minimum Gasteiger partial charge on any atom is -0.497 e. The molecule has 11 heteroatoms. The van der Waals surface area contributed by atoms with Gasteiger partial charge in [0.2, 0.25) is 12.2 Å². The van der Waals surface area contributed by atoms with Crippen LogP contribution in [0.1, 0.15) is 20.7 Å². The van der Waals surface area contributed by atoms with Gasteiger partial charge in [0, 0.05) is 11.8 Å². The van der Waals surface area contributed by atoms with Crippen LogP contribution < -0.4 is 10.1 Å². The zero-order valence-electron chi connectivity index (χ0n) is 18.6. The van der Waals surface area contributed by atoms with Crippen molar-refractivity contribution < 1.29 is 38.5 Å². The van der Waals surface area contributed by atoms with E-state index < -0.39 is 36.0 Å². The zero-order valence-corrected chi connectivity index (χ0v) is 20.2. The van der Waals surface area contributed by atoms with Crippen molar-refractivity contribution in [2.45, 2.75) is 12.2 Å². The molecule has 0 spiro atoms. The van der Waals surface area contributed by atoms with Gasteiger partial charge in [-0.1, -0.05) is 53.5 Å². The summed E-state index contributed by atoms with van der Waals surface area (Å²) in [5, 5.41) is 12.3. The van der Waals surface area contributed by atoms with Crippen molar-refractivity contribution in [3.05, 3.63) is 94.0 Å². The van der Waals surface area contributed by atoms with Crippen molar-refractivity contribution in [2.75, 3.05) is 12.4 Å². The van der Waals surface area contributed by atoms with Crippen LogP contribution in [0.5, 0.6) is 5.75 Å². The summed E-state index contributed by atoms with van der Waals surface area (Å²) in [5.41, 5.74) is -0.0607. The van der Waals surface area contributed by atoms with Gasteiger partial charge in [-0.2, -0.15) is 0 Å². The highest BCUT2D eigenvalue weighted by molar-refractivity contribution is 6.34. The minimum atomic E-state index is -2.23. The number of anilines is 1. The smallest absolute Gasteiger partial charge is 0.349 e. The van der Waals surface area contributed by atoms with Gasteiger partial charge >= 0.3 is 17.9 Å². The number of benzene rings is 3. The fourth-order valence-electron chi connectivity index (χ4n) is 3.02. The van der Waals surface area contributed by atoms with Gasteiger partial charge in [0.1, 0.15) is 5.75 Å². The number of carboxylic acid groups (broad SMARTS) is 1. The number of rotatable bonds is 9. The molecule has 0 saturated carbocycles. The lowest BCUT2D eigenvalue weighted by Gasteiger charge is -2.24. The minimum absolute atomic E-state index is 0.00270. The maximum Gasteiger partial charge on any atom is 0.349 e. The highest BCUT2D eigenvalue weighted by Gasteiger charge is 2.41. The third-order valence-electron chi connectivity index (χ3n) is 4.77. The monoisotopic (exact) mass is 531 g/mol. The quantitative estimate of drug-likeness (QED) is 0.387. The lowest BCUT2D eigenvalue weighted by molar-refractivity contribution is -0.157. The first-order chi connectivity index (χ1) is 17.2. The van der Waals surface area contributed by atoms with Crippen molar-refractivity contribution in [3.63, 3.8) is 0 Å². The topological polar surface area (TPSA) is 128 Å². The fourth-order valence-corrected chi connectivity index (χ4v) is 3.45. The van der Waals surface area contributed by atoms with Crippen LogP contribution in [0.25, 0.3) is 0 Å². The van der Waals surface area contributed by atoms with E-state index in [9.17, 15) is 24.3 Å². The molecule has 0 unspecified atom stereocenters. The van der Waals surface area contributed by atoms with Gasteiger partial charge in [-0.3, -0.25) is 4.79 Å². The van der Waals surface area contributed by atoms with Crippen molar-refractivity contribution in [3.8, 4) is 5.75 Å². The zero-order chi connectivity index (χ0) is 26.2. The molecule has 0 aromatic heterocycles. The molecule has 0 heterocycles. The van der Waals surface area contributed by atoms with Crippen molar-refractivity contribution in [2.24, 2.45) is 0 Å². The highest BCUT2D eigenvalue weighted by atomic mass is 35.5. The predicted octanol–water partition coefficient (Wildman–Crippen LogP) is 4.48. The Bertz CT molecular complexity index is 1300. The maximum atomic E-state index is 13.2. The molecule has 0 fully saturated rings. The van der Waals surface area contributed by atoms with E-state index in [0.717, 1.165) is 0 Å². The number of ether oxygens (including phenoxy) is 3. The summed E-state index contributed by atoms with van der Waals surface area (Å²) in [5.74, 6) is -4.67. The van der Waals surface area contributed by atoms with Crippen LogP contribution in [0.4, 0.5) is 5.69 Å². The second-order valence-corrected chi connectivity index (χ2v) is 7.99. The number of halogens is 2. The van der Waals surface area contributed by atoms with E-state index in [0.29, 0.717) is 5.75 Å². The SMILES string of the molecule is COc1cccc(NC(=O)[C@H](OC(=O)c2ccccc2Cl)[C@@H](OC(=O)c2ccccc2Cl)C(=O)O)c1. The Morgan fingerprint density at radius 3 is 1.81 bits per heavy atom. The average Bonchev–Trinajstić information content (AvgIpc) is 2.86. The lowest BCUT2D eigenvalue weighted by Crippen LogP contribution is -2.48. The third kappa shape index (κ3) is 6.53. The van der Waals surface area contributed by atoms with Crippen molar-refractivity contribution in [1.82, 2.24) is 0 Å². The largest absolute Gasteiger partial charge is 0.497 e. The Hall–Kier alpha value is -4.08. The molecule has 3 aromatic rings. The number of methoxy groups -OCH3 is 1. The third-order valence-corrected chi connectivity index (χ3v) is 5.43. The molecule has 0 aliphatic carbocycles. The summed E-state index contributed by atoms with van der Waals surface area (Å²) in [7, 11) is 1.42. The van der Waals surface area contributed by atoms with Gasteiger partial charge in [-0.05, 0) is 36.4 Å². The number of nitrogens with one attached hydrogen (secondary N) is 1. The van der Waals surface area contributed by atoms with Crippen LogP contribution in [-0.4, -0.2) is 48.2 Å². The molecule has 1 amide bonds. The number of carboxylic acids is 1. The molecule has 0 bridgehead atoms. The van der Waals surface area contributed by atoms with Gasteiger partial charge in [0.05, 0.1) is 28.3 Å². The molecule has 0 saturated heterocycles. The summed E-state index contributed by atoms with van der Waals surface area (Å²) in [6.45, 7) is 0. The molecule has 9 nitrogen and oxygen atoms in total. The summed E-state index contributed by atoms with van der Waals surface area (Å²) in [4.78, 5) is 50.7.